The third-order valence-corrected chi connectivity index (χ3v) is 4.62. The van der Waals surface area contributed by atoms with Gasteiger partial charge in [-0.3, -0.25) is 0 Å². The van der Waals surface area contributed by atoms with Crippen LogP contribution in [-0.4, -0.2) is 33.7 Å². The van der Waals surface area contributed by atoms with Crippen molar-refractivity contribution in [3.63, 3.8) is 0 Å². The monoisotopic (exact) mass is 385 g/mol. The molecule has 2 N–H and O–H groups in total. The summed E-state index contributed by atoms with van der Waals surface area (Å²) < 4.78 is 5.97. The number of hydrogen-bond donors (Lipinski definition) is 2. The molecule has 1 aromatic heterocycles. The van der Waals surface area contributed by atoms with Gasteiger partial charge in [-0.15, -0.1) is 0 Å². The lowest BCUT2D eigenvalue weighted by molar-refractivity contribution is 0.457. The highest BCUT2D eigenvalue weighted by Gasteiger charge is 2.21. The summed E-state index contributed by atoms with van der Waals surface area (Å²) in [5.41, 5.74) is 0. The summed E-state index contributed by atoms with van der Waals surface area (Å²) in [6.07, 6.45) is 3.58. The molecule has 0 saturated carbocycles. The van der Waals surface area contributed by atoms with Crippen molar-refractivity contribution in [3.05, 3.63) is 36.4 Å². The molecule has 2 aromatic rings. The second-order valence-corrected chi connectivity index (χ2v) is 7.50. The van der Waals surface area contributed by atoms with Crippen molar-refractivity contribution in [1.29, 1.82) is 0 Å². The fraction of sp³-hybridized carbons (Fsp3) is 0.450. The average molecular weight is 386 g/mol. The molecule has 0 spiro atoms. The average Bonchev–Trinajstić information content (AvgIpc) is 2.62. The smallest absolute Gasteiger partial charge is 0.234 e. The highest BCUT2D eigenvalue weighted by Crippen LogP contribution is 2.28. The van der Waals surface area contributed by atoms with Crippen LogP contribution < -0.4 is 20.3 Å². The Bertz CT molecular complexity index is 768. The van der Waals surface area contributed by atoms with Gasteiger partial charge in [-0.1, -0.05) is 18.2 Å². The molecule has 3 rings (SSSR count). The zero-order chi connectivity index (χ0) is 19.2. The number of aromatic nitrogens is 2. The fourth-order valence-corrected chi connectivity index (χ4v) is 3.44. The number of nitrogens with zero attached hydrogens (tertiary/aromatic N) is 3. The molecule has 1 aliphatic heterocycles. The van der Waals surface area contributed by atoms with Gasteiger partial charge < -0.3 is 20.3 Å². The van der Waals surface area contributed by atoms with E-state index in [1.54, 1.807) is 0 Å². The Balaban J connectivity index is 1.88. The lowest BCUT2D eigenvalue weighted by Gasteiger charge is -2.34. The van der Waals surface area contributed by atoms with Crippen LogP contribution in [0.1, 0.15) is 40.0 Å². The van der Waals surface area contributed by atoms with Crippen molar-refractivity contribution < 1.29 is 4.74 Å². The first-order valence-electron chi connectivity index (χ1n) is 9.47. The minimum atomic E-state index is 0.232. The minimum absolute atomic E-state index is 0.232. The van der Waals surface area contributed by atoms with E-state index in [9.17, 15) is 0 Å². The van der Waals surface area contributed by atoms with Crippen molar-refractivity contribution in [2.75, 3.05) is 16.8 Å². The van der Waals surface area contributed by atoms with Gasteiger partial charge in [0.15, 0.2) is 5.11 Å². The highest BCUT2D eigenvalue weighted by atomic mass is 32.1. The predicted molar refractivity (Wildman–Crippen MR) is 114 cm³/mol. The van der Waals surface area contributed by atoms with Crippen molar-refractivity contribution in [2.24, 2.45) is 0 Å². The summed E-state index contributed by atoms with van der Waals surface area (Å²) >= 11 is 5.35. The number of thiocarbonyl (C=S) groups is 1. The molecule has 144 valence electrons. The van der Waals surface area contributed by atoms with Crippen LogP contribution in [0.15, 0.2) is 36.4 Å². The third-order valence-electron chi connectivity index (χ3n) is 4.40. The molecule has 1 saturated heterocycles. The lowest BCUT2D eigenvalue weighted by Crippen LogP contribution is -2.38. The first-order chi connectivity index (χ1) is 13.0. The molecule has 0 aliphatic carbocycles. The summed E-state index contributed by atoms with van der Waals surface area (Å²) in [5, 5.41) is 6.74. The molecule has 6 nitrogen and oxygen atoms in total. The molecule has 7 heteroatoms. The van der Waals surface area contributed by atoms with E-state index in [2.05, 4.69) is 27.4 Å². The summed E-state index contributed by atoms with van der Waals surface area (Å²) in [4.78, 5) is 11.5. The molecule has 1 aromatic carbocycles. The molecule has 2 heterocycles. The van der Waals surface area contributed by atoms with E-state index in [0.717, 1.165) is 24.5 Å². The van der Waals surface area contributed by atoms with E-state index < -0.39 is 0 Å². The number of piperidine rings is 1. The van der Waals surface area contributed by atoms with Crippen LogP contribution in [0, 0.1) is 0 Å². The molecule has 27 heavy (non-hydrogen) atoms. The SMILES string of the molecule is CC(C)NC(=S)Nc1nc(Oc2ccccc2)cc(N2CCCC[C@H]2C)n1. The van der Waals surface area contributed by atoms with Crippen LogP contribution in [0.2, 0.25) is 0 Å². The quantitative estimate of drug-likeness (QED) is 0.742. The van der Waals surface area contributed by atoms with Gasteiger partial charge in [0.2, 0.25) is 11.8 Å². The minimum Gasteiger partial charge on any atom is -0.439 e. The van der Waals surface area contributed by atoms with E-state index in [1.807, 2.05) is 50.2 Å². The zero-order valence-corrected chi connectivity index (χ0v) is 16.9. The van der Waals surface area contributed by atoms with Crippen molar-refractivity contribution >= 4 is 29.1 Å². The number of rotatable bonds is 5. The molecule has 0 bridgehead atoms. The maximum absolute atomic E-state index is 5.97. The Morgan fingerprint density at radius 2 is 2.00 bits per heavy atom. The van der Waals surface area contributed by atoms with E-state index in [4.69, 9.17) is 21.9 Å². The summed E-state index contributed by atoms with van der Waals surface area (Å²) in [6, 6.07) is 12.2. The Morgan fingerprint density at radius 3 is 2.70 bits per heavy atom. The Hall–Kier alpha value is -2.41. The zero-order valence-electron chi connectivity index (χ0n) is 16.1. The van der Waals surface area contributed by atoms with Gasteiger partial charge >= 0.3 is 0 Å². The van der Waals surface area contributed by atoms with Crippen LogP contribution in [-0.2, 0) is 0 Å². The first kappa shape index (κ1) is 19.4. The third kappa shape index (κ3) is 5.53. The molecule has 1 atom stereocenters. The summed E-state index contributed by atoms with van der Waals surface area (Å²) in [5.74, 6) is 2.54. The van der Waals surface area contributed by atoms with Crippen LogP contribution in [0.4, 0.5) is 11.8 Å². The van der Waals surface area contributed by atoms with Gasteiger partial charge in [-0.25, -0.2) is 0 Å². The number of anilines is 2. The second-order valence-electron chi connectivity index (χ2n) is 7.09. The number of benzene rings is 1. The lowest BCUT2D eigenvalue weighted by atomic mass is 10.0. The molecule has 0 radical (unpaired) electrons. The molecule has 0 amide bonds. The van der Waals surface area contributed by atoms with Crippen LogP contribution in [0.3, 0.4) is 0 Å². The number of ether oxygens (including phenoxy) is 1. The largest absolute Gasteiger partial charge is 0.439 e. The van der Waals surface area contributed by atoms with Crippen LogP contribution in [0.25, 0.3) is 0 Å². The van der Waals surface area contributed by atoms with Crippen LogP contribution >= 0.6 is 12.2 Å². The molecule has 1 fully saturated rings. The van der Waals surface area contributed by atoms with Crippen molar-refractivity contribution in [2.45, 2.75) is 52.1 Å². The number of hydrogen-bond acceptors (Lipinski definition) is 5. The van der Waals surface area contributed by atoms with Gasteiger partial charge in [-0.2, -0.15) is 9.97 Å². The number of nitrogens with one attached hydrogen (secondary N) is 2. The van der Waals surface area contributed by atoms with Gasteiger partial charge in [-0.05, 0) is 64.4 Å². The highest BCUT2D eigenvalue weighted by molar-refractivity contribution is 7.80. The summed E-state index contributed by atoms with van der Waals surface area (Å²) in [6.45, 7) is 7.28. The van der Waals surface area contributed by atoms with Gasteiger partial charge in [0, 0.05) is 24.7 Å². The second kappa shape index (κ2) is 8.99. The van der Waals surface area contributed by atoms with E-state index in [1.165, 1.54) is 12.8 Å². The maximum atomic E-state index is 5.97. The normalized spacial score (nSPS) is 16.9. The predicted octanol–water partition coefficient (Wildman–Crippen LogP) is 4.34. The van der Waals surface area contributed by atoms with Crippen LogP contribution in [0.5, 0.6) is 11.6 Å². The van der Waals surface area contributed by atoms with Gasteiger partial charge in [0.05, 0.1) is 0 Å². The Kier molecular flexibility index (Phi) is 6.45. The topological polar surface area (TPSA) is 62.3 Å². The fourth-order valence-electron chi connectivity index (χ4n) is 3.12. The van der Waals surface area contributed by atoms with E-state index >= 15 is 0 Å². The molecule has 1 aliphatic rings. The van der Waals surface area contributed by atoms with Crippen molar-refractivity contribution in [3.8, 4) is 11.6 Å². The molecule has 0 unspecified atom stereocenters. The van der Waals surface area contributed by atoms with Gasteiger partial charge in [0.25, 0.3) is 0 Å². The molecular formula is C20H27N5OS. The summed E-state index contributed by atoms with van der Waals surface area (Å²) in [7, 11) is 0. The Morgan fingerprint density at radius 1 is 1.22 bits per heavy atom. The Labute approximate surface area is 166 Å². The van der Waals surface area contributed by atoms with Crippen molar-refractivity contribution in [1.82, 2.24) is 15.3 Å². The molecular weight excluding hydrogens is 358 g/mol. The maximum Gasteiger partial charge on any atom is 0.234 e. The van der Waals surface area contributed by atoms with Gasteiger partial charge in [0.1, 0.15) is 11.6 Å². The van der Waals surface area contributed by atoms with E-state index in [-0.39, 0.29) is 6.04 Å². The number of para-hydroxylation sites is 1. The van der Waals surface area contributed by atoms with E-state index in [0.29, 0.717) is 23.0 Å². The standard InChI is InChI=1S/C20H27N5OS/c1-14(2)21-20(27)24-19-22-17(25-12-8-7-9-15(25)3)13-18(23-19)26-16-10-5-4-6-11-16/h4-6,10-11,13-15H,7-9,12H2,1-3H3,(H2,21,22,23,24,27)/t15-/m1/s1. The first-order valence-corrected chi connectivity index (χ1v) is 9.88.